The molecule has 2 N–H and O–H groups in total. The summed E-state index contributed by atoms with van der Waals surface area (Å²) in [6, 6.07) is 17.8. The molecule has 88 valence electrons. The second kappa shape index (κ2) is 5.37. The van der Waals surface area contributed by atoms with Crippen molar-refractivity contribution < 1.29 is 4.74 Å². The Morgan fingerprint density at radius 2 is 1.65 bits per heavy atom. The van der Waals surface area contributed by atoms with Crippen molar-refractivity contribution in [3.8, 4) is 5.75 Å². The molecule has 0 fully saturated rings. The van der Waals surface area contributed by atoms with E-state index in [4.69, 9.17) is 10.6 Å². The molecular weight excluding hydrogens is 212 g/mol. The van der Waals surface area contributed by atoms with Crippen molar-refractivity contribution >= 4 is 5.69 Å². The van der Waals surface area contributed by atoms with Crippen LogP contribution in [-0.2, 0) is 6.54 Å². The van der Waals surface area contributed by atoms with Crippen molar-refractivity contribution in [3.05, 3.63) is 60.2 Å². The molecule has 3 nitrogen and oxygen atoms in total. The fourth-order valence-electron chi connectivity index (χ4n) is 1.65. The molecule has 0 saturated carbocycles. The third kappa shape index (κ3) is 2.98. The van der Waals surface area contributed by atoms with Gasteiger partial charge in [0.15, 0.2) is 0 Å². The topological polar surface area (TPSA) is 38.5 Å². The van der Waals surface area contributed by atoms with Gasteiger partial charge < -0.3 is 9.75 Å². The van der Waals surface area contributed by atoms with E-state index in [0.29, 0.717) is 6.54 Å². The van der Waals surface area contributed by atoms with Crippen LogP contribution in [0.1, 0.15) is 5.56 Å². The summed E-state index contributed by atoms with van der Waals surface area (Å²) in [5.74, 6) is 6.85. The molecule has 17 heavy (non-hydrogen) atoms. The summed E-state index contributed by atoms with van der Waals surface area (Å²) in [4.78, 5) is 0. The van der Waals surface area contributed by atoms with E-state index in [1.807, 2.05) is 42.5 Å². The van der Waals surface area contributed by atoms with Gasteiger partial charge in [0.25, 0.3) is 0 Å². The van der Waals surface area contributed by atoms with Gasteiger partial charge in [0.05, 0.1) is 19.3 Å². The van der Waals surface area contributed by atoms with Gasteiger partial charge in [-0.25, -0.2) is 5.84 Å². The summed E-state index contributed by atoms with van der Waals surface area (Å²) in [5, 5.41) is 1.72. The van der Waals surface area contributed by atoms with Gasteiger partial charge >= 0.3 is 0 Å². The molecule has 0 aromatic heterocycles. The predicted molar refractivity (Wildman–Crippen MR) is 69.8 cm³/mol. The first-order valence-corrected chi connectivity index (χ1v) is 5.50. The van der Waals surface area contributed by atoms with Gasteiger partial charge in [-0.2, -0.15) is 0 Å². The summed E-state index contributed by atoms with van der Waals surface area (Å²) < 4.78 is 5.11. The van der Waals surface area contributed by atoms with Crippen molar-refractivity contribution in [1.29, 1.82) is 0 Å². The molecule has 0 bridgehead atoms. The fourth-order valence-corrected chi connectivity index (χ4v) is 1.65. The lowest BCUT2D eigenvalue weighted by atomic mass is 10.2. The predicted octanol–water partition coefficient (Wildman–Crippen LogP) is 2.58. The van der Waals surface area contributed by atoms with Crippen molar-refractivity contribution in [2.24, 2.45) is 5.84 Å². The third-order valence-corrected chi connectivity index (χ3v) is 2.60. The molecule has 0 aliphatic heterocycles. The van der Waals surface area contributed by atoms with Gasteiger partial charge in [0.1, 0.15) is 5.75 Å². The lowest BCUT2D eigenvalue weighted by Crippen LogP contribution is -2.29. The van der Waals surface area contributed by atoms with Crippen molar-refractivity contribution in [3.63, 3.8) is 0 Å². The molecule has 2 aromatic carbocycles. The van der Waals surface area contributed by atoms with Gasteiger partial charge in [0.2, 0.25) is 0 Å². The van der Waals surface area contributed by atoms with Gasteiger partial charge in [-0.05, 0) is 29.8 Å². The molecular formula is C14H16N2O. The number of nitrogens with zero attached hydrogens (tertiary/aromatic N) is 1. The van der Waals surface area contributed by atoms with Crippen LogP contribution >= 0.6 is 0 Å². The molecule has 0 saturated heterocycles. The van der Waals surface area contributed by atoms with Crippen LogP contribution in [0.25, 0.3) is 0 Å². The monoisotopic (exact) mass is 228 g/mol. The van der Waals surface area contributed by atoms with Gasteiger partial charge in [-0.15, -0.1) is 0 Å². The number of nitrogens with two attached hydrogens (primary N) is 1. The number of anilines is 1. The molecule has 2 rings (SSSR count). The molecule has 0 radical (unpaired) electrons. The van der Waals surface area contributed by atoms with Crippen LogP contribution in [0.15, 0.2) is 54.6 Å². The normalized spacial score (nSPS) is 10.0. The number of benzene rings is 2. The summed E-state index contributed by atoms with van der Waals surface area (Å²) in [7, 11) is 1.65. The number of methoxy groups -OCH3 is 1. The highest BCUT2D eigenvalue weighted by atomic mass is 16.5. The number of hydrazine groups is 1. The van der Waals surface area contributed by atoms with Crippen LogP contribution < -0.4 is 15.6 Å². The minimum absolute atomic E-state index is 0.688. The maximum absolute atomic E-state index is 6.01. The average molecular weight is 228 g/mol. The first-order valence-electron chi connectivity index (χ1n) is 5.50. The van der Waals surface area contributed by atoms with Gasteiger partial charge in [-0.3, -0.25) is 0 Å². The summed E-state index contributed by atoms with van der Waals surface area (Å²) in [6.45, 7) is 0.688. The van der Waals surface area contributed by atoms with Gasteiger partial charge in [-0.1, -0.05) is 30.3 Å². The quantitative estimate of drug-likeness (QED) is 0.645. The molecule has 3 heteroatoms. The zero-order chi connectivity index (χ0) is 12.1. The molecule has 0 aliphatic rings. The summed E-state index contributed by atoms with van der Waals surface area (Å²) in [6.07, 6.45) is 0. The van der Waals surface area contributed by atoms with Crippen LogP contribution in [0.2, 0.25) is 0 Å². The lowest BCUT2D eigenvalue weighted by molar-refractivity contribution is 0.415. The Labute approximate surface area is 101 Å². The fraction of sp³-hybridized carbons (Fsp3) is 0.143. The van der Waals surface area contributed by atoms with Crippen LogP contribution in [0.3, 0.4) is 0 Å². The Hall–Kier alpha value is -2.00. The van der Waals surface area contributed by atoms with Crippen molar-refractivity contribution in [2.75, 3.05) is 12.1 Å². The van der Waals surface area contributed by atoms with Crippen molar-refractivity contribution in [2.45, 2.75) is 6.54 Å². The minimum Gasteiger partial charge on any atom is -0.497 e. The van der Waals surface area contributed by atoms with E-state index in [2.05, 4.69) is 12.1 Å². The highest BCUT2D eigenvalue weighted by Gasteiger charge is 2.02. The van der Waals surface area contributed by atoms with Gasteiger partial charge in [0, 0.05) is 0 Å². The molecule has 0 spiro atoms. The minimum atomic E-state index is 0.688. The smallest absolute Gasteiger partial charge is 0.119 e. The van der Waals surface area contributed by atoms with Crippen LogP contribution in [0.4, 0.5) is 5.69 Å². The maximum Gasteiger partial charge on any atom is 0.119 e. The SMILES string of the molecule is COc1ccc(N(N)Cc2ccccc2)cc1. The van der Waals surface area contributed by atoms with Crippen LogP contribution in [-0.4, -0.2) is 7.11 Å². The second-order valence-corrected chi connectivity index (χ2v) is 3.81. The second-order valence-electron chi connectivity index (χ2n) is 3.81. The number of ether oxygens (including phenoxy) is 1. The number of hydrogen-bond donors (Lipinski definition) is 1. The Kier molecular flexibility index (Phi) is 3.62. The van der Waals surface area contributed by atoms with E-state index in [1.54, 1.807) is 12.1 Å². The van der Waals surface area contributed by atoms with E-state index in [1.165, 1.54) is 5.56 Å². The summed E-state index contributed by atoms with van der Waals surface area (Å²) >= 11 is 0. The average Bonchev–Trinajstić information content (AvgIpc) is 2.40. The molecule has 2 aromatic rings. The summed E-state index contributed by atoms with van der Waals surface area (Å²) in [5.41, 5.74) is 2.15. The van der Waals surface area contributed by atoms with E-state index >= 15 is 0 Å². The molecule has 0 heterocycles. The first kappa shape index (κ1) is 11.5. The van der Waals surface area contributed by atoms with E-state index < -0.39 is 0 Å². The van der Waals surface area contributed by atoms with E-state index in [-0.39, 0.29) is 0 Å². The Morgan fingerprint density at radius 1 is 1.00 bits per heavy atom. The Balaban J connectivity index is 2.06. The first-order chi connectivity index (χ1) is 8.29. The zero-order valence-electron chi connectivity index (χ0n) is 9.84. The number of rotatable bonds is 4. The lowest BCUT2D eigenvalue weighted by Gasteiger charge is -2.19. The standard InChI is InChI=1S/C14H16N2O/c1-17-14-9-7-13(8-10-14)16(15)11-12-5-3-2-4-6-12/h2-10H,11,15H2,1H3. The van der Waals surface area contributed by atoms with Crippen molar-refractivity contribution in [1.82, 2.24) is 0 Å². The maximum atomic E-state index is 6.01. The highest BCUT2D eigenvalue weighted by Crippen LogP contribution is 2.18. The van der Waals surface area contributed by atoms with E-state index in [9.17, 15) is 0 Å². The molecule has 0 aliphatic carbocycles. The molecule has 0 unspecified atom stereocenters. The Morgan fingerprint density at radius 3 is 2.24 bits per heavy atom. The van der Waals surface area contributed by atoms with Crippen LogP contribution in [0.5, 0.6) is 5.75 Å². The van der Waals surface area contributed by atoms with E-state index in [0.717, 1.165) is 11.4 Å². The largest absolute Gasteiger partial charge is 0.497 e. The Bertz CT molecular complexity index is 453. The molecule has 0 amide bonds. The number of hydrogen-bond acceptors (Lipinski definition) is 3. The van der Waals surface area contributed by atoms with Crippen LogP contribution in [0, 0.1) is 0 Å². The molecule has 0 atom stereocenters. The zero-order valence-corrected chi connectivity index (χ0v) is 9.84. The third-order valence-electron chi connectivity index (χ3n) is 2.60. The highest BCUT2D eigenvalue weighted by molar-refractivity contribution is 5.48.